The van der Waals surface area contributed by atoms with Crippen LogP contribution in [-0.4, -0.2) is 25.3 Å². The van der Waals surface area contributed by atoms with Gasteiger partial charge in [0.1, 0.15) is 6.29 Å². The summed E-state index contributed by atoms with van der Waals surface area (Å²) in [6.07, 6.45) is 4.92. The number of rotatable bonds is 7. The molecule has 0 bridgehead atoms. The third-order valence-corrected chi connectivity index (χ3v) is 2.86. The van der Waals surface area contributed by atoms with Crippen molar-refractivity contribution in [2.45, 2.75) is 31.7 Å². The van der Waals surface area contributed by atoms with Gasteiger partial charge in [-0.1, -0.05) is 36.8 Å². The standard InChI is InChI=1S/C14H21NO/c1-15(2)14(11-7-4-8-12-16)13-9-5-3-6-10-13/h3,5-6,9-10,12,14H,4,7-8,11H2,1-2H3/t14-/m0/s1. The molecular formula is C14H21NO. The molecule has 0 saturated heterocycles. The summed E-state index contributed by atoms with van der Waals surface area (Å²) in [7, 11) is 4.22. The van der Waals surface area contributed by atoms with E-state index in [0.29, 0.717) is 12.5 Å². The van der Waals surface area contributed by atoms with E-state index < -0.39 is 0 Å². The maximum absolute atomic E-state index is 10.2. The number of aldehydes is 1. The van der Waals surface area contributed by atoms with Crippen LogP contribution in [0.15, 0.2) is 30.3 Å². The van der Waals surface area contributed by atoms with Gasteiger partial charge in [-0.25, -0.2) is 0 Å². The minimum atomic E-state index is 0.466. The quantitative estimate of drug-likeness (QED) is 0.519. The first-order valence-corrected chi connectivity index (χ1v) is 5.90. The normalized spacial score (nSPS) is 12.7. The SMILES string of the molecule is CN(C)[C@@H](CCCCC=O)c1ccccc1. The highest BCUT2D eigenvalue weighted by molar-refractivity contribution is 5.48. The Balaban J connectivity index is 2.52. The molecule has 0 N–H and O–H groups in total. The van der Waals surface area contributed by atoms with Crippen LogP contribution >= 0.6 is 0 Å². The molecule has 0 fully saturated rings. The van der Waals surface area contributed by atoms with Crippen molar-refractivity contribution in [2.75, 3.05) is 14.1 Å². The first-order chi connectivity index (χ1) is 7.75. The first kappa shape index (κ1) is 12.9. The second-order valence-corrected chi connectivity index (χ2v) is 4.34. The lowest BCUT2D eigenvalue weighted by molar-refractivity contribution is -0.107. The Morgan fingerprint density at radius 3 is 2.44 bits per heavy atom. The van der Waals surface area contributed by atoms with Gasteiger partial charge in [-0.15, -0.1) is 0 Å². The van der Waals surface area contributed by atoms with Gasteiger partial charge >= 0.3 is 0 Å². The summed E-state index contributed by atoms with van der Waals surface area (Å²) in [6.45, 7) is 0. The van der Waals surface area contributed by atoms with E-state index >= 15 is 0 Å². The Bertz CT molecular complexity index is 295. The van der Waals surface area contributed by atoms with Crippen LogP contribution in [0.4, 0.5) is 0 Å². The highest BCUT2D eigenvalue weighted by Gasteiger charge is 2.12. The van der Waals surface area contributed by atoms with Gasteiger partial charge in [0, 0.05) is 12.5 Å². The molecule has 0 aliphatic rings. The van der Waals surface area contributed by atoms with E-state index in [1.807, 2.05) is 6.07 Å². The molecule has 1 atom stereocenters. The number of hydrogen-bond donors (Lipinski definition) is 0. The molecule has 88 valence electrons. The van der Waals surface area contributed by atoms with E-state index in [2.05, 4.69) is 43.3 Å². The predicted octanol–water partition coefficient (Wildman–Crippen LogP) is 3.05. The van der Waals surface area contributed by atoms with Crippen LogP contribution in [0.5, 0.6) is 0 Å². The average Bonchev–Trinajstić information content (AvgIpc) is 2.30. The third kappa shape index (κ3) is 4.15. The van der Waals surface area contributed by atoms with Gasteiger partial charge in [0.05, 0.1) is 0 Å². The molecule has 0 unspecified atom stereocenters. The van der Waals surface area contributed by atoms with Crippen LogP contribution in [-0.2, 0) is 4.79 Å². The molecule has 0 aliphatic carbocycles. The van der Waals surface area contributed by atoms with E-state index in [-0.39, 0.29) is 0 Å². The third-order valence-electron chi connectivity index (χ3n) is 2.86. The van der Waals surface area contributed by atoms with Crippen molar-refractivity contribution in [3.05, 3.63) is 35.9 Å². The molecule has 1 aromatic carbocycles. The Morgan fingerprint density at radius 2 is 1.88 bits per heavy atom. The van der Waals surface area contributed by atoms with Gasteiger partial charge in [-0.05, 0) is 32.5 Å². The van der Waals surface area contributed by atoms with Crippen molar-refractivity contribution >= 4 is 6.29 Å². The molecule has 0 aromatic heterocycles. The molecular weight excluding hydrogens is 198 g/mol. The van der Waals surface area contributed by atoms with Crippen molar-refractivity contribution in [1.82, 2.24) is 4.90 Å². The molecule has 0 heterocycles. The van der Waals surface area contributed by atoms with Crippen LogP contribution < -0.4 is 0 Å². The van der Waals surface area contributed by atoms with E-state index in [0.717, 1.165) is 25.5 Å². The van der Waals surface area contributed by atoms with Crippen LogP contribution in [0.25, 0.3) is 0 Å². The topological polar surface area (TPSA) is 20.3 Å². The average molecular weight is 219 g/mol. The monoisotopic (exact) mass is 219 g/mol. The second-order valence-electron chi connectivity index (χ2n) is 4.34. The smallest absolute Gasteiger partial charge is 0.119 e. The number of unbranched alkanes of at least 4 members (excludes halogenated alkanes) is 2. The second kappa shape index (κ2) is 7.18. The summed E-state index contributed by atoms with van der Waals surface area (Å²) in [5.74, 6) is 0. The highest BCUT2D eigenvalue weighted by atomic mass is 16.1. The lowest BCUT2D eigenvalue weighted by Gasteiger charge is -2.24. The molecule has 0 spiro atoms. The van der Waals surface area contributed by atoms with Crippen molar-refractivity contribution in [2.24, 2.45) is 0 Å². The zero-order chi connectivity index (χ0) is 11.8. The van der Waals surface area contributed by atoms with Gasteiger partial charge < -0.3 is 9.69 Å². The Morgan fingerprint density at radius 1 is 1.19 bits per heavy atom. The summed E-state index contributed by atoms with van der Waals surface area (Å²) < 4.78 is 0. The maximum atomic E-state index is 10.2. The predicted molar refractivity (Wildman–Crippen MR) is 67.4 cm³/mol. The van der Waals surface area contributed by atoms with Crippen LogP contribution in [0.3, 0.4) is 0 Å². The maximum Gasteiger partial charge on any atom is 0.119 e. The zero-order valence-corrected chi connectivity index (χ0v) is 10.2. The molecule has 0 radical (unpaired) electrons. The Labute approximate surface area is 98.3 Å². The van der Waals surface area contributed by atoms with Crippen molar-refractivity contribution in [3.63, 3.8) is 0 Å². The van der Waals surface area contributed by atoms with Gasteiger partial charge in [-0.3, -0.25) is 0 Å². The largest absolute Gasteiger partial charge is 0.303 e. The zero-order valence-electron chi connectivity index (χ0n) is 10.2. The Kier molecular flexibility index (Phi) is 5.79. The van der Waals surface area contributed by atoms with E-state index in [1.54, 1.807) is 0 Å². The van der Waals surface area contributed by atoms with E-state index in [1.165, 1.54) is 5.56 Å². The van der Waals surface area contributed by atoms with Gasteiger partial charge in [-0.2, -0.15) is 0 Å². The van der Waals surface area contributed by atoms with Gasteiger partial charge in [0.15, 0.2) is 0 Å². The number of nitrogens with zero attached hydrogens (tertiary/aromatic N) is 1. The molecule has 1 rings (SSSR count). The fourth-order valence-electron chi connectivity index (χ4n) is 1.96. The minimum Gasteiger partial charge on any atom is -0.303 e. The van der Waals surface area contributed by atoms with Crippen LogP contribution in [0.2, 0.25) is 0 Å². The number of hydrogen-bond acceptors (Lipinski definition) is 2. The first-order valence-electron chi connectivity index (χ1n) is 5.90. The van der Waals surface area contributed by atoms with Crippen molar-refractivity contribution in [1.29, 1.82) is 0 Å². The molecule has 2 nitrogen and oxygen atoms in total. The van der Waals surface area contributed by atoms with Gasteiger partial charge in [0.25, 0.3) is 0 Å². The van der Waals surface area contributed by atoms with Crippen LogP contribution in [0, 0.1) is 0 Å². The van der Waals surface area contributed by atoms with E-state index in [9.17, 15) is 4.79 Å². The van der Waals surface area contributed by atoms with Gasteiger partial charge in [0.2, 0.25) is 0 Å². The summed E-state index contributed by atoms with van der Waals surface area (Å²) >= 11 is 0. The molecule has 0 aliphatic heterocycles. The molecule has 0 saturated carbocycles. The minimum absolute atomic E-state index is 0.466. The fraction of sp³-hybridized carbons (Fsp3) is 0.500. The van der Waals surface area contributed by atoms with E-state index in [4.69, 9.17) is 0 Å². The number of benzene rings is 1. The number of carbonyl (C=O) groups excluding carboxylic acids is 1. The molecule has 1 aromatic rings. The summed E-state index contributed by atoms with van der Waals surface area (Å²) in [6, 6.07) is 11.0. The summed E-state index contributed by atoms with van der Waals surface area (Å²) in [5.41, 5.74) is 1.36. The lowest BCUT2D eigenvalue weighted by atomic mass is 10.00. The van der Waals surface area contributed by atoms with Crippen molar-refractivity contribution in [3.8, 4) is 0 Å². The molecule has 16 heavy (non-hydrogen) atoms. The summed E-state index contributed by atoms with van der Waals surface area (Å²) in [4.78, 5) is 12.5. The lowest BCUT2D eigenvalue weighted by Crippen LogP contribution is -2.19. The van der Waals surface area contributed by atoms with Crippen molar-refractivity contribution < 1.29 is 4.79 Å². The van der Waals surface area contributed by atoms with Crippen LogP contribution in [0.1, 0.15) is 37.3 Å². The highest BCUT2D eigenvalue weighted by Crippen LogP contribution is 2.23. The molecule has 0 amide bonds. The molecule has 2 heteroatoms. The Hall–Kier alpha value is -1.15. The summed E-state index contributed by atoms with van der Waals surface area (Å²) in [5, 5.41) is 0. The fourth-order valence-corrected chi connectivity index (χ4v) is 1.96. The number of carbonyl (C=O) groups is 1.